The SMILES string of the molecule is CN(C)c1cccc(CNc2ccc([N+](=O)[O-])cc2S(C)(=O)=O)c1. The molecule has 1 N–H and O–H groups in total. The van der Waals surface area contributed by atoms with Gasteiger partial charge in [-0.1, -0.05) is 12.1 Å². The van der Waals surface area contributed by atoms with E-state index in [2.05, 4.69) is 5.32 Å². The number of non-ortho nitro benzene ring substituents is 1. The molecular formula is C16H19N3O4S. The van der Waals surface area contributed by atoms with E-state index in [9.17, 15) is 18.5 Å². The van der Waals surface area contributed by atoms with Gasteiger partial charge in [0.1, 0.15) is 0 Å². The molecule has 2 rings (SSSR count). The minimum atomic E-state index is -3.59. The average molecular weight is 349 g/mol. The molecule has 0 radical (unpaired) electrons. The van der Waals surface area contributed by atoms with Crippen LogP contribution in [0.5, 0.6) is 0 Å². The molecule has 0 aliphatic carbocycles. The van der Waals surface area contributed by atoms with Crippen molar-refractivity contribution in [3.8, 4) is 0 Å². The second-order valence-electron chi connectivity index (χ2n) is 5.63. The van der Waals surface area contributed by atoms with E-state index >= 15 is 0 Å². The Morgan fingerprint density at radius 2 is 1.88 bits per heavy atom. The predicted molar refractivity (Wildman–Crippen MR) is 94.3 cm³/mol. The Morgan fingerprint density at radius 3 is 2.46 bits per heavy atom. The van der Waals surface area contributed by atoms with E-state index in [4.69, 9.17) is 0 Å². The van der Waals surface area contributed by atoms with E-state index in [1.165, 1.54) is 12.1 Å². The molecule has 0 saturated carbocycles. The smallest absolute Gasteiger partial charge is 0.270 e. The molecular weight excluding hydrogens is 330 g/mol. The zero-order valence-corrected chi connectivity index (χ0v) is 14.5. The first-order valence-corrected chi connectivity index (χ1v) is 9.06. The maximum Gasteiger partial charge on any atom is 0.270 e. The molecule has 0 bridgehead atoms. The van der Waals surface area contributed by atoms with E-state index in [-0.39, 0.29) is 10.6 Å². The van der Waals surface area contributed by atoms with Crippen molar-refractivity contribution in [1.82, 2.24) is 0 Å². The van der Waals surface area contributed by atoms with Crippen LogP contribution in [-0.4, -0.2) is 33.7 Å². The Balaban J connectivity index is 2.30. The van der Waals surface area contributed by atoms with Crippen LogP contribution in [-0.2, 0) is 16.4 Å². The molecule has 0 unspecified atom stereocenters. The summed E-state index contributed by atoms with van der Waals surface area (Å²) in [5, 5.41) is 13.9. The molecule has 128 valence electrons. The molecule has 0 amide bonds. The lowest BCUT2D eigenvalue weighted by Gasteiger charge is -2.15. The standard InChI is InChI=1S/C16H19N3O4S/c1-18(2)13-6-4-5-12(9-13)11-17-15-8-7-14(19(20)21)10-16(15)24(3,22)23/h4-10,17H,11H2,1-3H3. The monoisotopic (exact) mass is 349 g/mol. The lowest BCUT2D eigenvalue weighted by atomic mass is 10.2. The molecule has 0 heterocycles. The van der Waals surface area contributed by atoms with Crippen molar-refractivity contribution in [3.63, 3.8) is 0 Å². The Kier molecular flexibility index (Phi) is 5.08. The fraction of sp³-hybridized carbons (Fsp3) is 0.250. The second-order valence-corrected chi connectivity index (χ2v) is 7.61. The van der Waals surface area contributed by atoms with Crippen LogP contribution in [0.4, 0.5) is 17.1 Å². The largest absolute Gasteiger partial charge is 0.380 e. The van der Waals surface area contributed by atoms with Crippen LogP contribution >= 0.6 is 0 Å². The van der Waals surface area contributed by atoms with Gasteiger partial charge in [-0.05, 0) is 23.8 Å². The van der Waals surface area contributed by atoms with Crippen molar-refractivity contribution in [2.45, 2.75) is 11.4 Å². The number of benzene rings is 2. The summed E-state index contributed by atoms with van der Waals surface area (Å²) in [6.07, 6.45) is 1.03. The van der Waals surface area contributed by atoms with Crippen LogP contribution in [0.25, 0.3) is 0 Å². The molecule has 0 spiro atoms. The molecule has 8 heteroatoms. The fourth-order valence-electron chi connectivity index (χ4n) is 2.22. The Labute approximate surface area is 141 Å². The summed E-state index contributed by atoms with van der Waals surface area (Å²) in [6, 6.07) is 11.6. The first-order valence-electron chi connectivity index (χ1n) is 7.17. The first kappa shape index (κ1) is 17.7. The van der Waals surface area contributed by atoms with E-state index in [1.54, 1.807) is 0 Å². The van der Waals surface area contributed by atoms with Crippen LogP contribution in [0.3, 0.4) is 0 Å². The van der Waals surface area contributed by atoms with Crippen LogP contribution in [0.2, 0.25) is 0 Å². The number of nitrogens with one attached hydrogen (secondary N) is 1. The third-order valence-corrected chi connectivity index (χ3v) is 4.62. The number of rotatable bonds is 6. The van der Waals surface area contributed by atoms with Crippen LogP contribution in [0.15, 0.2) is 47.4 Å². The number of nitro benzene ring substituents is 1. The lowest BCUT2D eigenvalue weighted by molar-refractivity contribution is -0.385. The first-order chi connectivity index (χ1) is 11.2. The average Bonchev–Trinajstić information content (AvgIpc) is 2.52. The van der Waals surface area contributed by atoms with Gasteiger partial charge in [-0.3, -0.25) is 10.1 Å². The minimum Gasteiger partial charge on any atom is -0.380 e. The second kappa shape index (κ2) is 6.88. The predicted octanol–water partition coefficient (Wildman–Crippen LogP) is 2.68. The summed E-state index contributed by atoms with van der Waals surface area (Å²) in [4.78, 5) is 12.1. The van der Waals surface area contributed by atoms with Gasteiger partial charge in [-0.15, -0.1) is 0 Å². The van der Waals surface area contributed by atoms with Crippen molar-refractivity contribution >= 4 is 26.9 Å². The molecule has 7 nitrogen and oxygen atoms in total. The normalized spacial score (nSPS) is 11.1. The number of hydrogen-bond acceptors (Lipinski definition) is 6. The number of nitro groups is 1. The number of anilines is 2. The van der Waals surface area contributed by atoms with Gasteiger partial charge in [0.2, 0.25) is 0 Å². The Hall–Kier alpha value is -2.61. The quantitative estimate of drug-likeness (QED) is 0.637. The summed E-state index contributed by atoms with van der Waals surface area (Å²) in [7, 11) is 0.280. The highest BCUT2D eigenvalue weighted by Crippen LogP contribution is 2.27. The van der Waals surface area contributed by atoms with Crippen molar-refractivity contribution in [1.29, 1.82) is 0 Å². The van der Waals surface area contributed by atoms with Crippen molar-refractivity contribution in [2.24, 2.45) is 0 Å². The van der Waals surface area contributed by atoms with E-state index in [0.29, 0.717) is 12.2 Å². The highest BCUT2D eigenvalue weighted by atomic mass is 32.2. The van der Waals surface area contributed by atoms with E-state index < -0.39 is 14.8 Å². The molecule has 0 atom stereocenters. The third kappa shape index (κ3) is 4.23. The van der Waals surface area contributed by atoms with Crippen molar-refractivity contribution in [2.75, 3.05) is 30.6 Å². The molecule has 0 fully saturated rings. The number of nitrogens with zero attached hydrogens (tertiary/aromatic N) is 2. The molecule has 0 aromatic heterocycles. The van der Waals surface area contributed by atoms with Gasteiger partial charge in [-0.25, -0.2) is 8.42 Å². The van der Waals surface area contributed by atoms with Gasteiger partial charge in [0.25, 0.3) is 5.69 Å². The maximum absolute atomic E-state index is 11.9. The summed E-state index contributed by atoms with van der Waals surface area (Å²) in [5.74, 6) is 0. The highest BCUT2D eigenvalue weighted by Gasteiger charge is 2.18. The maximum atomic E-state index is 11.9. The van der Waals surface area contributed by atoms with Crippen LogP contribution in [0, 0.1) is 10.1 Å². The molecule has 2 aromatic carbocycles. The lowest BCUT2D eigenvalue weighted by Crippen LogP contribution is -2.10. The summed E-state index contributed by atoms with van der Waals surface area (Å²) in [5.41, 5.74) is 2.09. The van der Waals surface area contributed by atoms with Crippen molar-refractivity contribution < 1.29 is 13.3 Å². The highest BCUT2D eigenvalue weighted by molar-refractivity contribution is 7.90. The zero-order chi connectivity index (χ0) is 17.9. The van der Waals surface area contributed by atoms with Gasteiger partial charge >= 0.3 is 0 Å². The topological polar surface area (TPSA) is 92.5 Å². The van der Waals surface area contributed by atoms with Crippen LogP contribution < -0.4 is 10.2 Å². The van der Waals surface area contributed by atoms with E-state index in [0.717, 1.165) is 23.6 Å². The Morgan fingerprint density at radius 1 is 1.17 bits per heavy atom. The summed E-state index contributed by atoms with van der Waals surface area (Å²) in [6.45, 7) is 0.405. The number of sulfone groups is 1. The molecule has 0 aliphatic rings. The minimum absolute atomic E-state index is 0.0829. The molecule has 2 aromatic rings. The summed E-state index contributed by atoms with van der Waals surface area (Å²) >= 11 is 0. The zero-order valence-electron chi connectivity index (χ0n) is 13.7. The van der Waals surface area contributed by atoms with Crippen LogP contribution in [0.1, 0.15) is 5.56 Å². The van der Waals surface area contributed by atoms with Gasteiger partial charge in [-0.2, -0.15) is 0 Å². The fourth-order valence-corrected chi connectivity index (χ4v) is 3.09. The van der Waals surface area contributed by atoms with Crippen molar-refractivity contribution in [3.05, 3.63) is 58.1 Å². The van der Waals surface area contributed by atoms with E-state index in [1.807, 2.05) is 43.3 Å². The summed E-state index contributed by atoms with van der Waals surface area (Å²) < 4.78 is 23.8. The van der Waals surface area contributed by atoms with Gasteiger partial charge in [0, 0.05) is 44.7 Å². The molecule has 0 saturated heterocycles. The Bertz CT molecular complexity index is 863. The number of hydrogen-bond donors (Lipinski definition) is 1. The van der Waals surface area contributed by atoms with Gasteiger partial charge in [0.05, 0.1) is 15.5 Å². The molecule has 0 aliphatic heterocycles. The third-order valence-electron chi connectivity index (χ3n) is 3.49. The van der Waals surface area contributed by atoms with Gasteiger partial charge < -0.3 is 10.2 Å². The van der Waals surface area contributed by atoms with Gasteiger partial charge in [0.15, 0.2) is 9.84 Å². The molecule has 24 heavy (non-hydrogen) atoms.